The smallest absolute Gasteiger partial charge is 0.311 e. The second kappa shape index (κ2) is 15.8. The van der Waals surface area contributed by atoms with Crippen LogP contribution in [0.2, 0.25) is 0 Å². The Labute approximate surface area is 269 Å². The minimum absolute atomic E-state index is 0.130. The number of ether oxygens (including phenoxy) is 2. The van der Waals surface area contributed by atoms with Gasteiger partial charge in [-0.25, -0.2) is 0 Å². The summed E-state index contributed by atoms with van der Waals surface area (Å²) in [6.07, 6.45) is -1.93. The van der Waals surface area contributed by atoms with E-state index in [1.165, 1.54) is 12.1 Å². The Morgan fingerprint density at radius 3 is 1.78 bits per heavy atom. The van der Waals surface area contributed by atoms with Crippen LogP contribution >= 0.6 is 0 Å². The topological polar surface area (TPSA) is 105 Å². The van der Waals surface area contributed by atoms with Gasteiger partial charge in [-0.05, 0) is 52.9 Å². The van der Waals surface area contributed by atoms with Gasteiger partial charge in [-0.2, -0.15) is 0 Å². The zero-order valence-corrected chi connectivity index (χ0v) is 25.7. The minimum Gasteiger partial charge on any atom is -0.489 e. The van der Waals surface area contributed by atoms with Crippen molar-refractivity contribution in [2.24, 2.45) is 0 Å². The van der Waals surface area contributed by atoms with Crippen LogP contribution in [0.4, 0.5) is 5.69 Å². The van der Waals surface area contributed by atoms with E-state index in [2.05, 4.69) is 0 Å². The van der Waals surface area contributed by atoms with Crippen molar-refractivity contribution in [1.29, 1.82) is 0 Å². The maximum absolute atomic E-state index is 12.0. The maximum Gasteiger partial charge on any atom is 0.311 e. The lowest BCUT2D eigenvalue weighted by molar-refractivity contribution is -0.386. The van der Waals surface area contributed by atoms with E-state index in [-0.39, 0.29) is 24.6 Å². The highest BCUT2D eigenvalue weighted by Crippen LogP contribution is 2.32. The molecule has 0 radical (unpaired) electrons. The van der Waals surface area contributed by atoms with Crippen molar-refractivity contribution in [2.75, 3.05) is 6.54 Å². The molecule has 46 heavy (non-hydrogen) atoms. The van der Waals surface area contributed by atoms with Gasteiger partial charge in [0.25, 0.3) is 0 Å². The summed E-state index contributed by atoms with van der Waals surface area (Å²) in [6.45, 7) is 3.12. The molecule has 5 aromatic rings. The molecule has 0 aliphatic heterocycles. The van der Waals surface area contributed by atoms with Crippen LogP contribution in [-0.2, 0) is 19.8 Å². The summed E-state index contributed by atoms with van der Waals surface area (Å²) in [5, 5.41) is 34.8. The third-order valence-electron chi connectivity index (χ3n) is 7.94. The van der Waals surface area contributed by atoms with E-state index in [1.54, 1.807) is 6.07 Å². The number of nitrogens with zero attached hydrogens (tertiary/aromatic N) is 2. The first kappa shape index (κ1) is 32.4. The molecule has 2 unspecified atom stereocenters. The molecule has 0 heterocycles. The molecule has 0 aromatic heterocycles. The van der Waals surface area contributed by atoms with Gasteiger partial charge in [0.05, 0.1) is 17.1 Å². The van der Waals surface area contributed by atoms with Gasteiger partial charge in [0, 0.05) is 25.2 Å². The molecule has 0 amide bonds. The summed E-state index contributed by atoms with van der Waals surface area (Å²) < 4.78 is 11.7. The van der Waals surface area contributed by atoms with Crippen LogP contribution in [0.1, 0.15) is 46.9 Å². The third-order valence-corrected chi connectivity index (χ3v) is 7.94. The van der Waals surface area contributed by atoms with Crippen LogP contribution in [0, 0.1) is 10.1 Å². The van der Waals surface area contributed by atoms with E-state index >= 15 is 0 Å². The SMILES string of the molecule is CC(C(O)c1ccc(OCc2ccccc2)cc1)N(Cc1ccccc1)C[C@H](O)c1ccc(OCc2ccccc2)c([N+](=O)[O-])c1. The van der Waals surface area contributed by atoms with Crippen molar-refractivity contribution >= 4 is 5.69 Å². The summed E-state index contributed by atoms with van der Waals surface area (Å²) >= 11 is 0. The first-order chi connectivity index (χ1) is 22.4. The van der Waals surface area contributed by atoms with Gasteiger partial charge in [-0.15, -0.1) is 0 Å². The molecular formula is C38H38N2O6. The number of hydrogen-bond donors (Lipinski definition) is 2. The fourth-order valence-electron chi connectivity index (χ4n) is 5.24. The van der Waals surface area contributed by atoms with Crippen LogP contribution in [0.5, 0.6) is 11.5 Å². The van der Waals surface area contributed by atoms with Crippen LogP contribution in [-0.4, -0.2) is 32.6 Å². The molecule has 5 rings (SSSR count). The average Bonchev–Trinajstić information content (AvgIpc) is 3.10. The molecule has 2 N–H and O–H groups in total. The monoisotopic (exact) mass is 618 g/mol. The number of aliphatic hydroxyl groups is 2. The minimum atomic E-state index is -1.06. The number of aliphatic hydroxyl groups excluding tert-OH is 2. The number of rotatable bonds is 15. The van der Waals surface area contributed by atoms with E-state index in [4.69, 9.17) is 9.47 Å². The number of hydrogen-bond acceptors (Lipinski definition) is 7. The Bertz CT molecular complexity index is 1670. The summed E-state index contributed by atoms with van der Waals surface area (Å²) in [7, 11) is 0. The fourth-order valence-corrected chi connectivity index (χ4v) is 5.24. The molecular weight excluding hydrogens is 580 g/mol. The summed E-state index contributed by atoms with van der Waals surface area (Å²) in [4.78, 5) is 13.4. The average molecular weight is 619 g/mol. The lowest BCUT2D eigenvalue weighted by Crippen LogP contribution is -2.39. The number of nitro benzene ring substituents is 1. The van der Waals surface area contributed by atoms with E-state index in [9.17, 15) is 20.3 Å². The quantitative estimate of drug-likeness (QED) is 0.0930. The lowest BCUT2D eigenvalue weighted by Gasteiger charge is -2.34. The third kappa shape index (κ3) is 8.79. The first-order valence-electron chi connectivity index (χ1n) is 15.2. The van der Waals surface area contributed by atoms with Gasteiger partial charge < -0.3 is 19.7 Å². The van der Waals surface area contributed by atoms with Crippen LogP contribution < -0.4 is 9.47 Å². The Morgan fingerprint density at radius 2 is 1.22 bits per heavy atom. The lowest BCUT2D eigenvalue weighted by atomic mass is 10.00. The van der Waals surface area contributed by atoms with Gasteiger partial charge in [-0.1, -0.05) is 109 Å². The summed E-state index contributed by atoms with van der Waals surface area (Å²) in [6, 6.07) is 40.6. The predicted octanol–water partition coefficient (Wildman–Crippen LogP) is 7.41. The summed E-state index contributed by atoms with van der Waals surface area (Å²) in [5.41, 5.74) is 3.84. The molecule has 0 fully saturated rings. The highest BCUT2D eigenvalue weighted by atomic mass is 16.6. The molecule has 0 saturated carbocycles. The van der Waals surface area contributed by atoms with Crippen molar-refractivity contribution in [3.63, 3.8) is 0 Å². The molecule has 0 bridgehead atoms. The van der Waals surface area contributed by atoms with Gasteiger partial charge >= 0.3 is 5.69 Å². The van der Waals surface area contributed by atoms with Crippen LogP contribution in [0.3, 0.4) is 0 Å². The fraction of sp³-hybridized carbons (Fsp3) is 0.211. The Morgan fingerprint density at radius 1 is 0.696 bits per heavy atom. The second-order valence-corrected chi connectivity index (χ2v) is 11.2. The zero-order chi connectivity index (χ0) is 32.3. The molecule has 0 aliphatic rings. The highest BCUT2D eigenvalue weighted by molar-refractivity contribution is 5.49. The standard InChI is InChI=1S/C38H38N2O6/c1-28(38(42)32-17-20-34(21-18-32)45-26-30-13-7-3-8-14-30)39(24-29-11-5-2-6-12-29)25-36(41)33-19-22-37(35(23-33)40(43)44)46-27-31-15-9-4-10-16-31/h2-23,28,36,38,41-42H,24-27H2,1H3/t28?,36-,38?/m0/s1. The zero-order valence-electron chi connectivity index (χ0n) is 25.7. The van der Waals surface area contributed by atoms with E-state index in [0.29, 0.717) is 30.0 Å². The van der Waals surface area contributed by atoms with Crippen molar-refractivity contribution in [2.45, 2.75) is 44.9 Å². The van der Waals surface area contributed by atoms with Crippen LogP contribution in [0.15, 0.2) is 133 Å². The predicted molar refractivity (Wildman–Crippen MR) is 177 cm³/mol. The van der Waals surface area contributed by atoms with Gasteiger partial charge in [0.2, 0.25) is 0 Å². The molecule has 8 heteroatoms. The Hall–Kier alpha value is -5.02. The molecule has 0 aliphatic carbocycles. The molecule has 3 atom stereocenters. The molecule has 5 aromatic carbocycles. The molecule has 236 valence electrons. The largest absolute Gasteiger partial charge is 0.489 e. The maximum atomic E-state index is 12.0. The van der Waals surface area contributed by atoms with Gasteiger partial charge in [0.15, 0.2) is 5.75 Å². The Kier molecular flexibility index (Phi) is 11.1. The highest BCUT2D eigenvalue weighted by Gasteiger charge is 2.27. The van der Waals surface area contributed by atoms with Gasteiger partial charge in [0.1, 0.15) is 19.0 Å². The molecule has 0 saturated heterocycles. The van der Waals surface area contributed by atoms with Crippen LogP contribution in [0.25, 0.3) is 0 Å². The van der Waals surface area contributed by atoms with E-state index in [0.717, 1.165) is 16.7 Å². The van der Waals surface area contributed by atoms with E-state index < -0.39 is 23.2 Å². The number of nitro groups is 1. The van der Waals surface area contributed by atoms with Crippen molar-refractivity contribution in [3.8, 4) is 11.5 Å². The first-order valence-corrected chi connectivity index (χ1v) is 15.2. The second-order valence-electron chi connectivity index (χ2n) is 11.2. The van der Waals surface area contributed by atoms with E-state index in [1.807, 2.05) is 127 Å². The molecule has 0 spiro atoms. The van der Waals surface area contributed by atoms with Crippen molar-refractivity contribution in [1.82, 2.24) is 4.90 Å². The van der Waals surface area contributed by atoms with Crippen molar-refractivity contribution in [3.05, 3.63) is 171 Å². The molecule has 8 nitrogen and oxygen atoms in total. The Balaban J connectivity index is 1.30. The normalized spacial score (nSPS) is 13.1. The van der Waals surface area contributed by atoms with Gasteiger partial charge in [-0.3, -0.25) is 15.0 Å². The summed E-state index contributed by atoms with van der Waals surface area (Å²) in [5.74, 6) is 0.827. The van der Waals surface area contributed by atoms with Crippen molar-refractivity contribution < 1.29 is 24.6 Å². The number of benzene rings is 5.